The minimum atomic E-state index is -5.51. The smallest absolute Gasteiger partial charge is 0.397 e. The molecule has 3 aliphatic heterocycles. The Morgan fingerprint density at radius 1 is 0.729 bits per heavy atom. The van der Waals surface area contributed by atoms with Gasteiger partial charge in [-0.15, -0.1) is 0 Å². The van der Waals surface area contributed by atoms with Gasteiger partial charge in [0.05, 0.1) is 43.3 Å². The Bertz CT molecular complexity index is 2290. The molecule has 70 heavy (non-hydrogen) atoms. The molecule has 0 radical (unpaired) electrons. The SMILES string of the molecule is CC(=O)NC1[C@H](OC(C)(C)C)OC(COS(=O)(=O)O)[C@@H](O[C@@H]2OC(C(=O)[O-])[C@@H](O[C@@H]3OC(COS(=O)(=O)O)[C@@H](O[C@@H](C=O)OC(C(=O)[O-])[C@@H](O)C=O)[C@H](O)C3NS(C)(=O)=O)[C@H](O)C2OS(C)(=O)=O)[C@@H]1O. The fourth-order valence-corrected chi connectivity index (χ4v) is 8.68. The van der Waals surface area contributed by atoms with Gasteiger partial charge in [-0.2, -0.15) is 25.3 Å². The van der Waals surface area contributed by atoms with Gasteiger partial charge >= 0.3 is 20.8 Å². The van der Waals surface area contributed by atoms with E-state index in [-0.39, 0.29) is 12.6 Å². The van der Waals surface area contributed by atoms with Crippen LogP contribution in [0.3, 0.4) is 0 Å². The van der Waals surface area contributed by atoms with Crippen LogP contribution < -0.4 is 20.3 Å². The van der Waals surface area contributed by atoms with Gasteiger partial charge in [-0.25, -0.2) is 21.5 Å². The zero-order valence-corrected chi connectivity index (χ0v) is 40.2. The Labute approximate surface area is 397 Å². The molecule has 406 valence electrons. The summed E-state index contributed by atoms with van der Waals surface area (Å²) < 4.78 is 175. The third kappa shape index (κ3) is 18.4. The lowest BCUT2D eigenvalue weighted by Gasteiger charge is -2.50. The number of sulfonamides is 1. The Kier molecular flexibility index (Phi) is 21.2. The Balaban J connectivity index is 2.16. The quantitative estimate of drug-likeness (QED) is 0.0182. The second kappa shape index (κ2) is 24.2. The summed E-state index contributed by atoms with van der Waals surface area (Å²) in [4.78, 5) is 59.6. The van der Waals surface area contributed by atoms with Crippen molar-refractivity contribution in [3.8, 4) is 0 Å². The molecule has 8 N–H and O–H groups in total. The van der Waals surface area contributed by atoms with Gasteiger partial charge < -0.3 is 88.2 Å². The number of aliphatic hydroxyl groups is 4. The first-order valence-electron chi connectivity index (χ1n) is 19.5. The largest absolute Gasteiger partial charge is 0.547 e. The van der Waals surface area contributed by atoms with Crippen LogP contribution in [0, 0.1) is 0 Å². The number of carboxylic acids is 2. The topological polar surface area (TPSA) is 515 Å². The van der Waals surface area contributed by atoms with Crippen LogP contribution in [0.2, 0.25) is 0 Å². The van der Waals surface area contributed by atoms with Crippen molar-refractivity contribution in [2.75, 3.05) is 25.7 Å². The van der Waals surface area contributed by atoms with Crippen molar-refractivity contribution < 1.29 is 148 Å². The average molecular weight is 1100 g/mol. The molecule has 3 rings (SSSR count). The average Bonchev–Trinajstić information content (AvgIpc) is 3.19. The van der Waals surface area contributed by atoms with E-state index in [0.29, 0.717) is 12.5 Å². The van der Waals surface area contributed by atoms with E-state index in [1.807, 2.05) is 0 Å². The predicted molar refractivity (Wildman–Crippen MR) is 210 cm³/mol. The predicted octanol–water partition coefficient (Wildman–Crippen LogP) is -10.4. The van der Waals surface area contributed by atoms with Crippen LogP contribution in [-0.2, 0) is 115 Å². The van der Waals surface area contributed by atoms with E-state index in [2.05, 4.69) is 13.7 Å². The van der Waals surface area contributed by atoms with Gasteiger partial charge in [0.15, 0.2) is 37.5 Å². The summed E-state index contributed by atoms with van der Waals surface area (Å²) in [6.45, 7) is 2.62. The van der Waals surface area contributed by atoms with Crippen molar-refractivity contribution in [1.82, 2.24) is 10.0 Å². The first-order chi connectivity index (χ1) is 31.8. The number of hydrogen-bond acceptors (Lipinski definition) is 30. The van der Waals surface area contributed by atoms with Crippen LogP contribution in [0.5, 0.6) is 0 Å². The number of carboxylic acid groups (broad SMARTS) is 2. The van der Waals surface area contributed by atoms with Crippen molar-refractivity contribution in [2.45, 2.75) is 144 Å². The number of nitrogens with one attached hydrogen (secondary N) is 2. The lowest BCUT2D eigenvalue weighted by atomic mass is 9.94. The standard InChI is InChI=1S/C32H52N2O32S4/c1-11(37)33-16-18(39)23(14(10-57-70(53,54)55)59-30(16)65-32(2,3)4)62-31-25(66-68(6,48)49)20(41)24(26(64-31)28(44)45)63-29-17(34-67(5,46)47)19(40)22(13(58-29)9-56-69(50,51)52)61-15(8-36)60-21(27(42)43)12(38)7-35/h7-8,12-26,29-31,34,38-41H,9-10H2,1-6H3,(H,33,37)(H,42,43)(H,44,45)(H,50,51,52)(H,53,54,55)/p-2/t12-,13?,14?,15-,16?,17?,18+,19+,20-,21?,22+,23+,24-,25?,26?,29-,30-,31+/m0/s1. The molecular weight excluding hydrogens is 1050 g/mol. The normalized spacial score (nSPS) is 33.9. The number of aliphatic carboxylic acids is 2. The molecule has 1 amide bonds. The van der Waals surface area contributed by atoms with Crippen LogP contribution in [-0.4, -0.2) is 235 Å². The molecule has 3 heterocycles. The van der Waals surface area contributed by atoms with E-state index in [9.17, 15) is 97.4 Å². The van der Waals surface area contributed by atoms with Crippen LogP contribution in [0.15, 0.2) is 0 Å². The third-order valence-corrected chi connectivity index (χ3v) is 11.4. The summed E-state index contributed by atoms with van der Waals surface area (Å²) in [5.41, 5.74) is -1.14. The highest BCUT2D eigenvalue weighted by Crippen LogP contribution is 2.36. The highest BCUT2D eigenvalue weighted by Gasteiger charge is 2.57. The molecular formula is C32H50N2O32S4-2. The molecule has 3 fully saturated rings. The summed E-state index contributed by atoms with van der Waals surface area (Å²) in [6, 6.07) is -4.12. The Morgan fingerprint density at radius 3 is 1.69 bits per heavy atom. The summed E-state index contributed by atoms with van der Waals surface area (Å²) in [5.74, 6) is -5.57. The molecule has 0 aromatic rings. The van der Waals surface area contributed by atoms with E-state index in [1.165, 1.54) is 20.8 Å². The maximum Gasteiger partial charge on any atom is 0.397 e. The molecule has 38 heteroatoms. The third-order valence-electron chi connectivity index (χ3n) is 9.28. The number of ether oxygens (including phenoxy) is 8. The monoisotopic (exact) mass is 1100 g/mol. The fourth-order valence-electron chi connectivity index (χ4n) is 6.71. The maximum absolute atomic E-state index is 12.8. The van der Waals surface area contributed by atoms with Gasteiger partial charge in [-0.1, -0.05) is 0 Å². The van der Waals surface area contributed by atoms with E-state index < -0.39 is 188 Å². The molecule has 7 unspecified atom stereocenters. The van der Waals surface area contributed by atoms with Crippen molar-refractivity contribution in [2.24, 2.45) is 0 Å². The lowest BCUT2D eigenvalue weighted by Crippen LogP contribution is -2.71. The molecule has 3 saturated heterocycles. The van der Waals surface area contributed by atoms with Crippen molar-refractivity contribution in [1.29, 1.82) is 0 Å². The van der Waals surface area contributed by atoms with E-state index in [4.69, 9.17) is 42.1 Å². The minimum Gasteiger partial charge on any atom is -0.547 e. The van der Waals surface area contributed by atoms with E-state index in [0.717, 1.165) is 6.92 Å². The van der Waals surface area contributed by atoms with Crippen molar-refractivity contribution in [3.63, 3.8) is 0 Å². The number of aliphatic hydroxyl groups excluding tert-OH is 4. The summed E-state index contributed by atoms with van der Waals surface area (Å²) in [5, 5.41) is 71.2. The zero-order chi connectivity index (χ0) is 53.6. The first kappa shape index (κ1) is 61.1. The number of rotatable bonds is 25. The van der Waals surface area contributed by atoms with Crippen molar-refractivity contribution >= 4 is 71.4 Å². The minimum absolute atomic E-state index is 0.372. The van der Waals surface area contributed by atoms with Crippen LogP contribution in [0.25, 0.3) is 0 Å². The number of carbonyl (C=O) groups excluding carboxylic acids is 5. The highest BCUT2D eigenvalue weighted by molar-refractivity contribution is 7.88. The zero-order valence-electron chi connectivity index (χ0n) is 36.9. The fraction of sp³-hybridized carbons (Fsp3) is 0.844. The molecule has 0 bridgehead atoms. The molecule has 3 aliphatic rings. The van der Waals surface area contributed by atoms with E-state index >= 15 is 0 Å². The van der Waals surface area contributed by atoms with Gasteiger partial charge in [-0.05, 0) is 20.8 Å². The lowest BCUT2D eigenvalue weighted by molar-refractivity contribution is -0.381. The van der Waals surface area contributed by atoms with Gasteiger partial charge in [0.25, 0.3) is 10.1 Å². The molecule has 34 nitrogen and oxygen atoms in total. The molecule has 0 saturated carbocycles. The number of amides is 1. The first-order valence-corrected chi connectivity index (χ1v) is 26.0. The summed E-state index contributed by atoms with van der Waals surface area (Å²) in [7, 11) is -20.4. The number of carbonyl (C=O) groups is 5. The molecule has 0 aliphatic carbocycles. The van der Waals surface area contributed by atoms with Gasteiger partial charge in [0.2, 0.25) is 22.2 Å². The van der Waals surface area contributed by atoms with Crippen molar-refractivity contribution in [3.05, 3.63) is 0 Å². The molecule has 18 atom stereocenters. The van der Waals surface area contributed by atoms with Crippen LogP contribution >= 0.6 is 0 Å². The Hall–Kier alpha value is -3.17. The molecule has 0 aromatic heterocycles. The van der Waals surface area contributed by atoms with Gasteiger partial charge in [0.1, 0.15) is 79.2 Å². The second-order valence-corrected chi connectivity index (χ2v) is 21.7. The number of aldehydes is 2. The molecule has 0 spiro atoms. The number of hydrogen-bond donors (Lipinski definition) is 8. The van der Waals surface area contributed by atoms with Gasteiger partial charge in [-0.3, -0.25) is 22.9 Å². The summed E-state index contributed by atoms with van der Waals surface area (Å²) >= 11 is 0. The van der Waals surface area contributed by atoms with Gasteiger partial charge in [0, 0.05) is 6.92 Å². The Morgan fingerprint density at radius 2 is 1.24 bits per heavy atom. The molecule has 0 aromatic carbocycles. The maximum atomic E-state index is 12.8. The summed E-state index contributed by atoms with van der Waals surface area (Å²) in [6.07, 6.45) is -39.4. The highest BCUT2D eigenvalue weighted by atomic mass is 32.3. The van der Waals surface area contributed by atoms with E-state index in [1.54, 1.807) is 4.72 Å². The van der Waals surface area contributed by atoms with Crippen LogP contribution in [0.1, 0.15) is 27.7 Å². The second-order valence-electron chi connectivity index (χ2n) is 16.2. The van der Waals surface area contributed by atoms with Crippen LogP contribution in [0.4, 0.5) is 0 Å².